The minimum absolute atomic E-state index is 0.364. The Balaban J connectivity index is 2.18. The number of hydrogen-bond donors (Lipinski definition) is 1. The Morgan fingerprint density at radius 2 is 1.89 bits per heavy atom. The average Bonchev–Trinajstić information content (AvgIpc) is 2.34. The van der Waals surface area contributed by atoms with Crippen LogP contribution in [0.25, 0.3) is 0 Å². The predicted molar refractivity (Wildman–Crippen MR) is 78.0 cm³/mol. The first-order valence-corrected chi connectivity index (χ1v) is 7.58. The minimum Gasteiger partial charge on any atom is -0.374 e. The van der Waals surface area contributed by atoms with Gasteiger partial charge in [-0.25, -0.2) is 0 Å². The highest BCUT2D eigenvalue weighted by atomic mass is 16.5. The number of hydrogen-bond acceptors (Lipinski definition) is 3. The Labute approximate surface area is 113 Å². The Morgan fingerprint density at radius 3 is 2.50 bits per heavy atom. The van der Waals surface area contributed by atoms with Crippen LogP contribution in [0.5, 0.6) is 0 Å². The average molecular weight is 256 g/mol. The Bertz CT molecular complexity index is 219. The van der Waals surface area contributed by atoms with Gasteiger partial charge in [0.2, 0.25) is 0 Å². The van der Waals surface area contributed by atoms with Crippen molar-refractivity contribution in [2.75, 3.05) is 26.2 Å². The second-order valence-electron chi connectivity index (χ2n) is 6.36. The van der Waals surface area contributed by atoms with E-state index in [4.69, 9.17) is 4.74 Å². The number of nitrogens with zero attached hydrogens (tertiary/aromatic N) is 1. The fraction of sp³-hybridized carbons (Fsp3) is 1.00. The van der Waals surface area contributed by atoms with Crippen molar-refractivity contribution in [2.45, 2.75) is 65.6 Å². The van der Waals surface area contributed by atoms with Gasteiger partial charge in [0.25, 0.3) is 0 Å². The molecule has 3 heteroatoms. The molecular formula is C15H32N2O. The SMILES string of the molecule is CC(C)CCC(C)NCC1CN(C(C)C)CCO1. The van der Waals surface area contributed by atoms with E-state index in [1.54, 1.807) is 0 Å². The van der Waals surface area contributed by atoms with Crippen LogP contribution in [0.2, 0.25) is 0 Å². The predicted octanol–water partition coefficient (Wildman–Crippen LogP) is 2.51. The number of ether oxygens (including phenoxy) is 1. The lowest BCUT2D eigenvalue weighted by Crippen LogP contribution is -2.50. The van der Waals surface area contributed by atoms with Gasteiger partial charge in [0, 0.05) is 31.7 Å². The summed E-state index contributed by atoms with van der Waals surface area (Å²) in [6.07, 6.45) is 2.93. The fourth-order valence-corrected chi connectivity index (χ4v) is 2.35. The van der Waals surface area contributed by atoms with Crippen LogP contribution in [0.15, 0.2) is 0 Å². The zero-order valence-corrected chi connectivity index (χ0v) is 12.9. The Morgan fingerprint density at radius 1 is 1.17 bits per heavy atom. The second-order valence-corrected chi connectivity index (χ2v) is 6.36. The summed E-state index contributed by atoms with van der Waals surface area (Å²) in [5.74, 6) is 0.802. The lowest BCUT2D eigenvalue weighted by Gasteiger charge is -2.36. The Kier molecular flexibility index (Phi) is 7.20. The van der Waals surface area contributed by atoms with E-state index in [-0.39, 0.29) is 0 Å². The van der Waals surface area contributed by atoms with E-state index in [0.717, 1.165) is 32.2 Å². The van der Waals surface area contributed by atoms with Crippen molar-refractivity contribution < 1.29 is 4.74 Å². The van der Waals surface area contributed by atoms with E-state index in [1.807, 2.05) is 0 Å². The van der Waals surface area contributed by atoms with Gasteiger partial charge in [0.1, 0.15) is 0 Å². The molecule has 1 saturated heterocycles. The van der Waals surface area contributed by atoms with Crippen molar-refractivity contribution >= 4 is 0 Å². The van der Waals surface area contributed by atoms with E-state index in [0.29, 0.717) is 18.2 Å². The van der Waals surface area contributed by atoms with Crippen LogP contribution in [0.4, 0.5) is 0 Å². The van der Waals surface area contributed by atoms with Gasteiger partial charge >= 0.3 is 0 Å². The summed E-state index contributed by atoms with van der Waals surface area (Å²) in [7, 11) is 0. The number of nitrogens with one attached hydrogen (secondary N) is 1. The molecule has 2 unspecified atom stereocenters. The highest BCUT2D eigenvalue weighted by molar-refractivity contribution is 4.76. The largest absolute Gasteiger partial charge is 0.374 e. The fourth-order valence-electron chi connectivity index (χ4n) is 2.35. The van der Waals surface area contributed by atoms with E-state index in [2.05, 4.69) is 44.8 Å². The van der Waals surface area contributed by atoms with Gasteiger partial charge in [-0.3, -0.25) is 4.90 Å². The van der Waals surface area contributed by atoms with Gasteiger partial charge in [-0.1, -0.05) is 13.8 Å². The van der Waals surface area contributed by atoms with Gasteiger partial charge in [-0.15, -0.1) is 0 Å². The van der Waals surface area contributed by atoms with Crippen molar-refractivity contribution in [1.29, 1.82) is 0 Å². The molecule has 1 rings (SSSR count). The van der Waals surface area contributed by atoms with Crippen LogP contribution < -0.4 is 5.32 Å². The first-order valence-electron chi connectivity index (χ1n) is 7.58. The van der Waals surface area contributed by atoms with Crippen molar-refractivity contribution in [1.82, 2.24) is 10.2 Å². The molecule has 1 N–H and O–H groups in total. The van der Waals surface area contributed by atoms with Gasteiger partial charge in [-0.2, -0.15) is 0 Å². The topological polar surface area (TPSA) is 24.5 Å². The molecule has 1 aliphatic heterocycles. The van der Waals surface area contributed by atoms with Gasteiger partial charge < -0.3 is 10.1 Å². The van der Waals surface area contributed by atoms with Crippen LogP contribution in [0.3, 0.4) is 0 Å². The highest BCUT2D eigenvalue weighted by Crippen LogP contribution is 2.10. The zero-order chi connectivity index (χ0) is 13.5. The third-order valence-corrected chi connectivity index (χ3v) is 3.77. The van der Waals surface area contributed by atoms with Crippen LogP contribution in [0.1, 0.15) is 47.5 Å². The van der Waals surface area contributed by atoms with Crippen LogP contribution in [-0.4, -0.2) is 49.3 Å². The highest BCUT2D eigenvalue weighted by Gasteiger charge is 2.22. The lowest BCUT2D eigenvalue weighted by molar-refractivity contribution is -0.0380. The van der Waals surface area contributed by atoms with Crippen molar-refractivity contribution in [3.63, 3.8) is 0 Å². The maximum Gasteiger partial charge on any atom is 0.0826 e. The summed E-state index contributed by atoms with van der Waals surface area (Å²) in [4.78, 5) is 2.51. The summed E-state index contributed by atoms with van der Waals surface area (Å²) in [6.45, 7) is 15.4. The Hall–Kier alpha value is -0.120. The molecule has 1 heterocycles. The summed E-state index contributed by atoms with van der Waals surface area (Å²) >= 11 is 0. The molecule has 108 valence electrons. The summed E-state index contributed by atoms with van der Waals surface area (Å²) in [5, 5.41) is 3.62. The van der Waals surface area contributed by atoms with Crippen molar-refractivity contribution in [3.05, 3.63) is 0 Å². The lowest BCUT2D eigenvalue weighted by atomic mass is 10.0. The molecule has 2 atom stereocenters. The molecule has 0 amide bonds. The summed E-state index contributed by atoms with van der Waals surface area (Å²) in [6, 6.07) is 1.24. The first kappa shape index (κ1) is 15.9. The van der Waals surface area contributed by atoms with E-state index < -0.39 is 0 Å². The maximum atomic E-state index is 5.83. The summed E-state index contributed by atoms with van der Waals surface area (Å²) < 4.78 is 5.83. The molecular weight excluding hydrogens is 224 g/mol. The molecule has 1 fully saturated rings. The zero-order valence-electron chi connectivity index (χ0n) is 12.9. The van der Waals surface area contributed by atoms with Crippen molar-refractivity contribution in [3.8, 4) is 0 Å². The minimum atomic E-state index is 0.364. The van der Waals surface area contributed by atoms with E-state index in [9.17, 15) is 0 Å². The number of morpholine rings is 1. The van der Waals surface area contributed by atoms with Gasteiger partial charge in [0.15, 0.2) is 0 Å². The molecule has 0 aliphatic carbocycles. The quantitative estimate of drug-likeness (QED) is 0.757. The molecule has 0 aromatic rings. The summed E-state index contributed by atoms with van der Waals surface area (Å²) in [5.41, 5.74) is 0. The molecule has 3 nitrogen and oxygen atoms in total. The molecule has 0 bridgehead atoms. The monoisotopic (exact) mass is 256 g/mol. The second kappa shape index (κ2) is 8.13. The molecule has 0 aromatic heterocycles. The molecule has 0 radical (unpaired) electrons. The van der Waals surface area contributed by atoms with Gasteiger partial charge in [0.05, 0.1) is 12.7 Å². The number of rotatable bonds is 7. The van der Waals surface area contributed by atoms with Crippen molar-refractivity contribution in [2.24, 2.45) is 5.92 Å². The van der Waals surface area contributed by atoms with E-state index >= 15 is 0 Å². The molecule has 0 aromatic carbocycles. The van der Waals surface area contributed by atoms with E-state index in [1.165, 1.54) is 12.8 Å². The molecule has 0 saturated carbocycles. The standard InChI is InChI=1S/C15H32N2O/c1-12(2)6-7-14(5)16-10-15-11-17(13(3)4)8-9-18-15/h12-16H,6-11H2,1-5H3. The molecule has 0 spiro atoms. The third-order valence-electron chi connectivity index (χ3n) is 3.77. The normalized spacial score (nSPS) is 23.8. The maximum absolute atomic E-state index is 5.83. The smallest absolute Gasteiger partial charge is 0.0826 e. The van der Waals surface area contributed by atoms with Gasteiger partial charge in [-0.05, 0) is 39.5 Å². The van der Waals surface area contributed by atoms with Crippen LogP contribution in [0, 0.1) is 5.92 Å². The molecule has 1 aliphatic rings. The van der Waals surface area contributed by atoms with Crippen LogP contribution in [-0.2, 0) is 4.74 Å². The molecule has 18 heavy (non-hydrogen) atoms. The van der Waals surface area contributed by atoms with Crippen LogP contribution >= 0.6 is 0 Å². The first-order chi connectivity index (χ1) is 8.49. The third kappa shape index (κ3) is 6.17.